The van der Waals surface area contributed by atoms with E-state index in [0.717, 1.165) is 42.3 Å². The minimum atomic E-state index is -0.340. The Morgan fingerprint density at radius 3 is 2.65 bits per heavy atom. The summed E-state index contributed by atoms with van der Waals surface area (Å²) in [7, 11) is 0. The van der Waals surface area contributed by atoms with Gasteiger partial charge in [0.05, 0.1) is 0 Å². The van der Waals surface area contributed by atoms with Gasteiger partial charge in [-0.3, -0.25) is 9.69 Å². The normalized spacial score (nSPS) is 11.3. The molecule has 0 saturated heterocycles. The van der Waals surface area contributed by atoms with Crippen molar-refractivity contribution in [2.45, 2.75) is 34.2 Å². The van der Waals surface area contributed by atoms with Gasteiger partial charge in [-0.15, -0.1) is 5.10 Å². The van der Waals surface area contributed by atoms with Crippen LogP contribution in [0.2, 0.25) is 0 Å². The second kappa shape index (κ2) is 7.61. The molecule has 0 fully saturated rings. The van der Waals surface area contributed by atoms with Crippen LogP contribution < -0.4 is 5.32 Å². The number of anilines is 1. The monoisotopic (exact) mass is 352 g/mol. The van der Waals surface area contributed by atoms with E-state index in [1.165, 1.54) is 0 Å². The van der Waals surface area contributed by atoms with Crippen LogP contribution in [0.4, 0.5) is 5.69 Å². The van der Waals surface area contributed by atoms with Crippen LogP contribution in [0.15, 0.2) is 30.3 Å². The van der Waals surface area contributed by atoms with Crippen LogP contribution in [0, 0.1) is 13.8 Å². The van der Waals surface area contributed by atoms with Gasteiger partial charge >= 0.3 is 0 Å². The molecule has 0 radical (unpaired) electrons. The lowest BCUT2D eigenvalue weighted by Crippen LogP contribution is -2.22. The summed E-state index contributed by atoms with van der Waals surface area (Å²) in [6.45, 7) is 10.9. The Bertz CT molecular complexity index is 929. The van der Waals surface area contributed by atoms with Crippen molar-refractivity contribution >= 4 is 17.4 Å². The summed E-state index contributed by atoms with van der Waals surface area (Å²) in [5.74, 6) is 0.204. The number of nitrogens with one attached hydrogen (secondary N) is 1. The molecule has 1 aromatic carbocycles. The molecule has 3 aromatic rings. The molecule has 1 N–H and O–H groups in total. The molecular formula is C19H24N6O. The number of benzene rings is 1. The quantitative estimate of drug-likeness (QED) is 0.738. The number of hydrogen-bond donors (Lipinski definition) is 1. The van der Waals surface area contributed by atoms with E-state index >= 15 is 0 Å². The summed E-state index contributed by atoms with van der Waals surface area (Å²) >= 11 is 0. The van der Waals surface area contributed by atoms with Crippen molar-refractivity contribution in [2.75, 3.05) is 18.4 Å². The average molecular weight is 352 g/mol. The van der Waals surface area contributed by atoms with Gasteiger partial charge < -0.3 is 5.32 Å². The smallest absolute Gasteiger partial charge is 0.295 e. The van der Waals surface area contributed by atoms with Gasteiger partial charge in [-0.05, 0) is 50.7 Å². The highest BCUT2D eigenvalue weighted by Crippen LogP contribution is 2.14. The molecule has 0 aliphatic heterocycles. The predicted molar refractivity (Wildman–Crippen MR) is 101 cm³/mol. The van der Waals surface area contributed by atoms with Crippen LogP contribution in [-0.2, 0) is 6.54 Å². The second-order valence-corrected chi connectivity index (χ2v) is 6.30. The lowest BCUT2D eigenvalue weighted by molar-refractivity contribution is 0.101. The minimum Gasteiger partial charge on any atom is -0.319 e. The Balaban J connectivity index is 1.79. The van der Waals surface area contributed by atoms with Gasteiger partial charge in [-0.1, -0.05) is 26.0 Å². The third-order valence-corrected chi connectivity index (χ3v) is 4.31. The highest BCUT2D eigenvalue weighted by molar-refractivity contribution is 6.01. The number of aryl methyl sites for hydroxylation is 2. The lowest BCUT2D eigenvalue weighted by atomic mass is 10.2. The number of aromatic nitrogens is 4. The number of rotatable bonds is 6. The SMILES string of the molecule is CCN(CC)Cc1cccc(NC(=O)c2nc3nc(C)cc(C)n3n2)c1. The molecule has 0 saturated carbocycles. The van der Waals surface area contributed by atoms with Crippen LogP contribution in [0.1, 0.15) is 41.4 Å². The van der Waals surface area contributed by atoms with Gasteiger partial charge in [0.2, 0.25) is 5.82 Å². The van der Waals surface area contributed by atoms with Crippen molar-refractivity contribution in [3.05, 3.63) is 53.1 Å². The molecule has 0 spiro atoms. The molecule has 0 bridgehead atoms. The summed E-state index contributed by atoms with van der Waals surface area (Å²) in [6.07, 6.45) is 0. The maximum Gasteiger partial charge on any atom is 0.295 e. The standard InChI is InChI=1S/C19H24N6O/c1-5-24(6-2)12-15-8-7-9-16(11-15)21-18(26)17-22-19-20-13(3)10-14(4)25(19)23-17/h7-11H,5-6,12H2,1-4H3,(H,21,26). The van der Waals surface area contributed by atoms with E-state index in [4.69, 9.17) is 0 Å². The van der Waals surface area contributed by atoms with Crippen molar-refractivity contribution in [2.24, 2.45) is 0 Å². The molecule has 0 atom stereocenters. The van der Waals surface area contributed by atoms with Crippen LogP contribution in [0.25, 0.3) is 5.78 Å². The zero-order valence-corrected chi connectivity index (χ0v) is 15.7. The topological polar surface area (TPSA) is 75.4 Å². The Kier molecular flexibility index (Phi) is 5.27. The highest BCUT2D eigenvalue weighted by Gasteiger charge is 2.15. The Hall–Kier alpha value is -2.80. The van der Waals surface area contributed by atoms with Gasteiger partial charge in [0.15, 0.2) is 0 Å². The van der Waals surface area contributed by atoms with E-state index in [1.54, 1.807) is 4.52 Å². The van der Waals surface area contributed by atoms with E-state index < -0.39 is 0 Å². The van der Waals surface area contributed by atoms with E-state index in [0.29, 0.717) is 5.78 Å². The molecule has 0 aliphatic carbocycles. The molecular weight excluding hydrogens is 328 g/mol. The van der Waals surface area contributed by atoms with E-state index in [1.807, 2.05) is 38.1 Å². The van der Waals surface area contributed by atoms with Crippen LogP contribution >= 0.6 is 0 Å². The first-order valence-corrected chi connectivity index (χ1v) is 8.83. The van der Waals surface area contributed by atoms with E-state index in [9.17, 15) is 4.79 Å². The average Bonchev–Trinajstić information content (AvgIpc) is 3.04. The minimum absolute atomic E-state index is 0.111. The predicted octanol–water partition coefficient (Wildman–Crippen LogP) is 2.84. The molecule has 0 unspecified atom stereocenters. The van der Waals surface area contributed by atoms with Crippen molar-refractivity contribution in [1.29, 1.82) is 0 Å². The Morgan fingerprint density at radius 1 is 1.15 bits per heavy atom. The fourth-order valence-electron chi connectivity index (χ4n) is 2.90. The summed E-state index contributed by atoms with van der Waals surface area (Å²) < 4.78 is 1.58. The summed E-state index contributed by atoms with van der Waals surface area (Å²) in [4.78, 5) is 23.4. The molecule has 26 heavy (non-hydrogen) atoms. The molecule has 7 heteroatoms. The highest BCUT2D eigenvalue weighted by atomic mass is 16.2. The number of carbonyl (C=O) groups excluding carboxylic acids is 1. The first-order valence-electron chi connectivity index (χ1n) is 8.83. The number of nitrogens with zero attached hydrogens (tertiary/aromatic N) is 5. The summed E-state index contributed by atoms with van der Waals surface area (Å²) in [5, 5.41) is 7.15. The summed E-state index contributed by atoms with van der Waals surface area (Å²) in [6, 6.07) is 9.76. The fourth-order valence-corrected chi connectivity index (χ4v) is 2.90. The van der Waals surface area contributed by atoms with Gasteiger partial charge in [0.1, 0.15) is 0 Å². The number of hydrogen-bond acceptors (Lipinski definition) is 5. The van der Waals surface area contributed by atoms with Crippen molar-refractivity contribution in [3.63, 3.8) is 0 Å². The van der Waals surface area contributed by atoms with Gasteiger partial charge in [-0.25, -0.2) is 9.50 Å². The summed E-state index contributed by atoms with van der Waals surface area (Å²) in [5.41, 5.74) is 3.63. The molecule has 1 amide bonds. The largest absolute Gasteiger partial charge is 0.319 e. The van der Waals surface area contributed by atoms with Crippen molar-refractivity contribution in [1.82, 2.24) is 24.5 Å². The first kappa shape index (κ1) is 18.0. The number of fused-ring (bicyclic) bond motifs is 1. The van der Waals surface area contributed by atoms with Gasteiger partial charge in [0, 0.05) is 23.6 Å². The van der Waals surface area contributed by atoms with Crippen LogP contribution in [0.3, 0.4) is 0 Å². The van der Waals surface area contributed by atoms with E-state index in [2.05, 4.69) is 45.2 Å². The van der Waals surface area contributed by atoms with Crippen LogP contribution in [0.5, 0.6) is 0 Å². The molecule has 136 valence electrons. The number of amides is 1. The zero-order chi connectivity index (χ0) is 18.7. The Morgan fingerprint density at radius 2 is 1.92 bits per heavy atom. The molecule has 7 nitrogen and oxygen atoms in total. The van der Waals surface area contributed by atoms with Gasteiger partial charge in [0.25, 0.3) is 11.7 Å². The van der Waals surface area contributed by atoms with Crippen LogP contribution in [-0.4, -0.2) is 43.5 Å². The third-order valence-electron chi connectivity index (χ3n) is 4.31. The van der Waals surface area contributed by atoms with Gasteiger partial charge in [-0.2, -0.15) is 4.98 Å². The molecule has 2 aromatic heterocycles. The zero-order valence-electron chi connectivity index (χ0n) is 15.7. The van der Waals surface area contributed by atoms with E-state index in [-0.39, 0.29) is 11.7 Å². The molecule has 3 rings (SSSR count). The molecule has 0 aliphatic rings. The lowest BCUT2D eigenvalue weighted by Gasteiger charge is -2.18. The molecule has 2 heterocycles. The second-order valence-electron chi connectivity index (χ2n) is 6.30. The number of carbonyl (C=O) groups is 1. The maximum atomic E-state index is 12.5. The van der Waals surface area contributed by atoms with Crippen molar-refractivity contribution < 1.29 is 4.79 Å². The first-order chi connectivity index (χ1) is 12.5. The van der Waals surface area contributed by atoms with Crippen molar-refractivity contribution in [3.8, 4) is 0 Å². The fraction of sp³-hybridized carbons (Fsp3) is 0.368. The third kappa shape index (κ3) is 3.88. The maximum absolute atomic E-state index is 12.5. The Labute approximate surface area is 153 Å².